The van der Waals surface area contributed by atoms with Gasteiger partial charge in [0.2, 0.25) is 0 Å². The highest BCUT2D eigenvalue weighted by Crippen LogP contribution is 2.47. The summed E-state index contributed by atoms with van der Waals surface area (Å²) in [5, 5.41) is 0. The Morgan fingerprint density at radius 3 is 2.16 bits per heavy atom. The highest BCUT2D eigenvalue weighted by Gasteiger charge is 2.41. The average Bonchev–Trinajstić information content (AvgIpc) is 3.11. The van der Waals surface area contributed by atoms with E-state index in [0.717, 1.165) is 16.7 Å². The predicted molar refractivity (Wildman–Crippen MR) is 195 cm³/mol. The molecule has 5 aromatic carbocycles. The summed E-state index contributed by atoms with van der Waals surface area (Å²) < 4.78 is 47.7. The number of benzene rings is 5. The second-order valence-electron chi connectivity index (χ2n) is 11.5. The Morgan fingerprint density at radius 1 is 0.837 bits per heavy atom. The molecule has 0 fully saturated rings. The zero-order valence-electron chi connectivity index (χ0n) is 27.5. The molecule has 5 aromatic rings. The topological polar surface area (TPSA) is 97.4 Å². The van der Waals surface area contributed by atoms with E-state index in [1.165, 1.54) is 12.1 Å². The van der Waals surface area contributed by atoms with Crippen LogP contribution in [0.25, 0.3) is 0 Å². The maximum atomic E-state index is 14.9. The lowest BCUT2D eigenvalue weighted by atomic mass is 9.98. The first-order valence-electron chi connectivity index (χ1n) is 15.7. The Hall–Kier alpha value is -5.00. The molecule has 1 aliphatic rings. The van der Waals surface area contributed by atoms with Gasteiger partial charge < -0.3 is 19.1 Å². The second-order valence-corrected chi connectivity index (χ2v) is 14.0. The summed E-state index contributed by atoms with van der Waals surface area (Å²) in [7, 11) is -0.904. The van der Waals surface area contributed by atoms with Gasteiger partial charge in [0.25, 0.3) is 15.9 Å². The quantitative estimate of drug-likeness (QED) is 0.145. The molecule has 1 aliphatic heterocycles. The monoisotopic (exact) mass is 741 g/mol. The van der Waals surface area contributed by atoms with Gasteiger partial charge in [0, 0.05) is 28.0 Å². The molecular weight excluding hydrogens is 706 g/mol. The molecule has 0 unspecified atom stereocenters. The standard InChI is InChI=1S/C38H36BrN3O6S/c1-5-48-29-17-15-28(16-18-29)42-37(31-22-35(46-3)36(47-4)23-33(31)39)41(24-26-9-7-6-8-10-26)34-20-19-30(21-32(34)38(42)43)49(44,45)40-27-13-11-25(2)12-14-27/h6-23,37,40H,5,24H2,1-4H3/t37-/m1/s1. The minimum Gasteiger partial charge on any atom is -0.494 e. The van der Waals surface area contributed by atoms with Crippen molar-refractivity contribution in [2.75, 3.05) is 35.3 Å². The molecule has 0 saturated carbocycles. The highest BCUT2D eigenvalue weighted by molar-refractivity contribution is 9.10. The van der Waals surface area contributed by atoms with Gasteiger partial charge in [-0.1, -0.05) is 64.0 Å². The Morgan fingerprint density at radius 2 is 1.51 bits per heavy atom. The number of methoxy groups -OCH3 is 2. The first-order valence-corrected chi connectivity index (χ1v) is 17.9. The molecule has 1 amide bonds. The van der Waals surface area contributed by atoms with Crippen molar-refractivity contribution in [3.8, 4) is 17.2 Å². The van der Waals surface area contributed by atoms with Crippen LogP contribution >= 0.6 is 15.9 Å². The van der Waals surface area contributed by atoms with Crippen LogP contribution in [0.15, 0.2) is 119 Å². The third-order valence-electron chi connectivity index (χ3n) is 8.28. The summed E-state index contributed by atoms with van der Waals surface area (Å²) in [5.74, 6) is 1.31. The first kappa shape index (κ1) is 33.9. The van der Waals surface area contributed by atoms with E-state index in [9.17, 15) is 13.2 Å². The van der Waals surface area contributed by atoms with E-state index in [1.54, 1.807) is 37.3 Å². The molecule has 1 atom stereocenters. The van der Waals surface area contributed by atoms with E-state index >= 15 is 0 Å². The zero-order chi connectivity index (χ0) is 34.7. The molecule has 0 bridgehead atoms. The third-order valence-corrected chi connectivity index (χ3v) is 10.3. The molecule has 11 heteroatoms. The van der Waals surface area contributed by atoms with Crippen LogP contribution in [0.2, 0.25) is 0 Å². The third kappa shape index (κ3) is 6.95. The van der Waals surface area contributed by atoms with Crippen molar-refractivity contribution in [3.63, 3.8) is 0 Å². The number of carbonyl (C=O) groups is 1. The molecule has 49 heavy (non-hydrogen) atoms. The van der Waals surface area contributed by atoms with Crippen molar-refractivity contribution in [2.24, 2.45) is 0 Å². The Labute approximate surface area is 295 Å². The predicted octanol–water partition coefficient (Wildman–Crippen LogP) is 8.34. The van der Waals surface area contributed by atoms with Gasteiger partial charge in [0.15, 0.2) is 11.5 Å². The molecule has 252 valence electrons. The molecule has 0 aliphatic carbocycles. The number of carbonyl (C=O) groups excluding carboxylic acids is 1. The largest absolute Gasteiger partial charge is 0.494 e. The maximum Gasteiger partial charge on any atom is 0.262 e. The number of ether oxygens (including phenoxy) is 3. The van der Waals surface area contributed by atoms with E-state index in [4.69, 9.17) is 14.2 Å². The van der Waals surface area contributed by atoms with Gasteiger partial charge in [-0.2, -0.15) is 0 Å². The number of sulfonamides is 1. The molecule has 9 nitrogen and oxygen atoms in total. The summed E-state index contributed by atoms with van der Waals surface area (Å²) in [4.78, 5) is 18.6. The smallest absolute Gasteiger partial charge is 0.262 e. The summed E-state index contributed by atoms with van der Waals surface area (Å²) >= 11 is 3.76. The van der Waals surface area contributed by atoms with Crippen molar-refractivity contribution in [3.05, 3.63) is 136 Å². The van der Waals surface area contributed by atoms with Crippen LogP contribution in [0.1, 0.15) is 40.1 Å². The average molecular weight is 743 g/mol. The number of anilines is 3. The van der Waals surface area contributed by atoms with E-state index in [2.05, 4.69) is 25.6 Å². The van der Waals surface area contributed by atoms with Crippen LogP contribution in [-0.2, 0) is 16.6 Å². The highest BCUT2D eigenvalue weighted by atomic mass is 79.9. The second kappa shape index (κ2) is 14.2. The number of hydrogen-bond acceptors (Lipinski definition) is 7. The van der Waals surface area contributed by atoms with Crippen LogP contribution in [0.3, 0.4) is 0 Å². The van der Waals surface area contributed by atoms with Gasteiger partial charge in [-0.05, 0) is 86.1 Å². The Kier molecular flexibility index (Phi) is 9.84. The normalized spacial score (nSPS) is 14.3. The van der Waals surface area contributed by atoms with Gasteiger partial charge in [-0.3, -0.25) is 14.4 Å². The van der Waals surface area contributed by atoms with Gasteiger partial charge in [0.1, 0.15) is 11.9 Å². The van der Waals surface area contributed by atoms with E-state index in [-0.39, 0.29) is 16.4 Å². The fourth-order valence-electron chi connectivity index (χ4n) is 5.91. The van der Waals surface area contributed by atoms with Crippen LogP contribution in [0.5, 0.6) is 17.2 Å². The number of nitrogens with one attached hydrogen (secondary N) is 1. The van der Waals surface area contributed by atoms with Crippen LogP contribution in [-0.4, -0.2) is 35.2 Å². The summed E-state index contributed by atoms with van der Waals surface area (Å²) in [5.41, 5.74) is 4.57. The molecule has 0 aromatic heterocycles. The molecule has 1 N–H and O–H groups in total. The van der Waals surface area contributed by atoms with Crippen LogP contribution < -0.4 is 28.7 Å². The van der Waals surface area contributed by atoms with Crippen LogP contribution in [0, 0.1) is 6.92 Å². The number of nitrogens with zero attached hydrogens (tertiary/aromatic N) is 2. The fraction of sp³-hybridized carbons (Fsp3) is 0.184. The number of fused-ring (bicyclic) bond motifs is 1. The van der Waals surface area contributed by atoms with E-state index < -0.39 is 16.2 Å². The van der Waals surface area contributed by atoms with Gasteiger partial charge in [-0.25, -0.2) is 8.42 Å². The van der Waals surface area contributed by atoms with Crippen molar-refractivity contribution < 1.29 is 27.4 Å². The van der Waals surface area contributed by atoms with Crippen molar-refractivity contribution >= 4 is 48.9 Å². The van der Waals surface area contributed by atoms with Crippen molar-refractivity contribution in [2.45, 2.75) is 31.5 Å². The summed E-state index contributed by atoms with van der Waals surface area (Å²) in [6.07, 6.45) is -0.694. The molecular formula is C38H36BrN3O6S. The summed E-state index contributed by atoms with van der Waals surface area (Å²) in [6.45, 7) is 4.73. The number of amides is 1. The molecule has 1 heterocycles. The number of rotatable bonds is 11. The first-order chi connectivity index (χ1) is 23.6. The number of hydrogen-bond donors (Lipinski definition) is 1. The van der Waals surface area contributed by atoms with Gasteiger partial charge >= 0.3 is 0 Å². The van der Waals surface area contributed by atoms with Gasteiger partial charge in [-0.15, -0.1) is 0 Å². The number of aryl methyl sites for hydroxylation is 1. The van der Waals surface area contributed by atoms with Crippen molar-refractivity contribution in [1.82, 2.24) is 0 Å². The molecule has 6 rings (SSSR count). The van der Waals surface area contributed by atoms with Crippen LogP contribution in [0.4, 0.5) is 17.1 Å². The molecule has 0 radical (unpaired) electrons. The Bertz CT molecular complexity index is 2070. The lowest BCUT2D eigenvalue weighted by Gasteiger charge is -2.46. The van der Waals surface area contributed by atoms with E-state index in [0.29, 0.717) is 51.9 Å². The zero-order valence-corrected chi connectivity index (χ0v) is 29.9. The SMILES string of the molecule is CCOc1ccc(N2C(=O)c3cc(S(=O)(=O)Nc4ccc(C)cc4)ccc3N(Cc3ccccc3)[C@H]2c2cc(OC)c(OC)cc2Br)cc1. The lowest BCUT2D eigenvalue weighted by Crippen LogP contribution is -2.49. The Balaban J connectivity index is 1.56. The number of halogens is 1. The van der Waals surface area contributed by atoms with E-state index in [1.807, 2.05) is 92.7 Å². The molecule has 0 saturated heterocycles. The maximum absolute atomic E-state index is 14.9. The minimum absolute atomic E-state index is 0.0303. The minimum atomic E-state index is -4.04. The lowest BCUT2D eigenvalue weighted by molar-refractivity contribution is 0.0967. The summed E-state index contributed by atoms with van der Waals surface area (Å²) in [6, 6.07) is 32.6. The van der Waals surface area contributed by atoms with Gasteiger partial charge in [0.05, 0.1) is 37.0 Å². The van der Waals surface area contributed by atoms with Crippen molar-refractivity contribution in [1.29, 1.82) is 0 Å². The molecule has 0 spiro atoms. The fourth-order valence-corrected chi connectivity index (χ4v) is 7.52.